The van der Waals surface area contributed by atoms with Crippen LogP contribution in [-0.2, 0) is 15.1 Å². The number of carbonyl (C=O) groups is 3. The Balaban J connectivity index is 1.80. The molecule has 1 fully saturated rings. The van der Waals surface area contributed by atoms with Crippen molar-refractivity contribution >= 4 is 35.1 Å². The summed E-state index contributed by atoms with van der Waals surface area (Å²) in [6, 6.07) is 11.8. The zero-order valence-corrected chi connectivity index (χ0v) is 16.8. The summed E-state index contributed by atoms with van der Waals surface area (Å²) in [4.78, 5) is 39.0. The van der Waals surface area contributed by atoms with Gasteiger partial charge in [-0.3, -0.25) is 14.5 Å². The first-order valence-electron chi connectivity index (χ1n) is 9.04. The first-order valence-corrected chi connectivity index (χ1v) is 9.42. The molecule has 0 aliphatic carbocycles. The second kappa shape index (κ2) is 7.64. The third-order valence-corrected chi connectivity index (χ3v) is 5.48. The smallest absolute Gasteiger partial charge is 0.324 e. The molecular weight excluding hydrogens is 378 g/mol. The van der Waals surface area contributed by atoms with E-state index >= 15 is 0 Å². The van der Waals surface area contributed by atoms with Crippen molar-refractivity contribution in [3.05, 3.63) is 64.2 Å². The molecule has 6 nitrogen and oxygen atoms in total. The summed E-state index contributed by atoms with van der Waals surface area (Å²) in [5.41, 5.74) is 2.09. The van der Waals surface area contributed by atoms with E-state index in [1.807, 2.05) is 32.9 Å². The number of amides is 4. The Morgan fingerprint density at radius 1 is 1.14 bits per heavy atom. The summed E-state index contributed by atoms with van der Waals surface area (Å²) < 4.78 is 0. The number of hydrogen-bond donors (Lipinski definition) is 2. The van der Waals surface area contributed by atoms with E-state index in [1.165, 1.54) is 0 Å². The van der Waals surface area contributed by atoms with Crippen LogP contribution in [-0.4, -0.2) is 29.3 Å². The number of hydrogen-bond acceptors (Lipinski definition) is 3. The van der Waals surface area contributed by atoms with Gasteiger partial charge in [-0.25, -0.2) is 4.79 Å². The first kappa shape index (κ1) is 19.9. The molecule has 0 saturated carbocycles. The zero-order valence-electron chi connectivity index (χ0n) is 16.0. The molecule has 0 bridgehead atoms. The van der Waals surface area contributed by atoms with E-state index in [0.717, 1.165) is 16.0 Å². The zero-order chi connectivity index (χ0) is 20.5. The lowest BCUT2D eigenvalue weighted by molar-refractivity contribution is -0.134. The normalized spacial score (nSPS) is 18.9. The minimum Gasteiger partial charge on any atom is -0.324 e. The van der Waals surface area contributed by atoms with Gasteiger partial charge in [-0.05, 0) is 55.2 Å². The highest BCUT2D eigenvalue weighted by Gasteiger charge is 2.51. The fraction of sp³-hybridized carbons (Fsp3) is 0.286. The number of rotatable bonds is 5. The molecule has 2 aromatic rings. The monoisotopic (exact) mass is 399 g/mol. The van der Waals surface area contributed by atoms with Crippen LogP contribution >= 0.6 is 11.6 Å². The van der Waals surface area contributed by atoms with Crippen molar-refractivity contribution in [2.24, 2.45) is 0 Å². The number of nitrogens with one attached hydrogen (secondary N) is 2. The second-order valence-corrected chi connectivity index (χ2v) is 7.32. The van der Waals surface area contributed by atoms with E-state index in [9.17, 15) is 14.4 Å². The van der Waals surface area contributed by atoms with Gasteiger partial charge in [0.2, 0.25) is 5.91 Å². The van der Waals surface area contributed by atoms with Gasteiger partial charge in [-0.15, -0.1) is 0 Å². The van der Waals surface area contributed by atoms with Crippen LogP contribution in [0.5, 0.6) is 0 Å². The van der Waals surface area contributed by atoms with Gasteiger partial charge in [-0.2, -0.15) is 0 Å². The molecule has 2 aromatic carbocycles. The summed E-state index contributed by atoms with van der Waals surface area (Å²) >= 11 is 5.93. The van der Waals surface area contributed by atoms with E-state index in [4.69, 9.17) is 11.6 Å². The van der Waals surface area contributed by atoms with Gasteiger partial charge in [0.15, 0.2) is 0 Å². The van der Waals surface area contributed by atoms with Gasteiger partial charge in [0.05, 0.1) is 0 Å². The molecule has 0 unspecified atom stereocenters. The highest BCUT2D eigenvalue weighted by atomic mass is 35.5. The number of halogens is 1. The summed E-state index contributed by atoms with van der Waals surface area (Å²) in [6.07, 6.45) is 0.355. The second-order valence-electron chi connectivity index (χ2n) is 6.88. The van der Waals surface area contributed by atoms with Gasteiger partial charge in [0.25, 0.3) is 5.91 Å². The highest BCUT2D eigenvalue weighted by molar-refractivity contribution is 6.30. The van der Waals surface area contributed by atoms with Crippen molar-refractivity contribution in [1.82, 2.24) is 10.2 Å². The number of aryl methyl sites for hydroxylation is 1. The lowest BCUT2D eigenvalue weighted by Gasteiger charge is -2.25. The van der Waals surface area contributed by atoms with Crippen LogP contribution in [0.25, 0.3) is 0 Å². The SMILES string of the molecule is CC[C@]1(c2ccc(Cl)cc2)NC(=O)N(CC(=O)Nc2cccc(C)c2C)C1=O. The van der Waals surface area contributed by atoms with E-state index in [1.54, 1.807) is 30.3 Å². The van der Waals surface area contributed by atoms with Crippen LogP contribution in [0.3, 0.4) is 0 Å². The van der Waals surface area contributed by atoms with Crippen molar-refractivity contribution in [3.63, 3.8) is 0 Å². The van der Waals surface area contributed by atoms with Crippen molar-refractivity contribution in [3.8, 4) is 0 Å². The van der Waals surface area contributed by atoms with Crippen LogP contribution < -0.4 is 10.6 Å². The van der Waals surface area contributed by atoms with Gasteiger partial charge in [0, 0.05) is 10.7 Å². The standard InChI is InChI=1S/C21H22ClN3O3/c1-4-21(15-8-10-16(22)11-9-15)19(27)25(20(28)24-21)12-18(26)23-17-7-5-6-13(2)14(17)3/h5-11H,4,12H2,1-3H3,(H,23,26)(H,24,28)/t21-/m1/s1. The number of urea groups is 1. The van der Waals surface area contributed by atoms with Crippen LogP contribution in [0.1, 0.15) is 30.0 Å². The molecule has 1 heterocycles. The summed E-state index contributed by atoms with van der Waals surface area (Å²) in [5, 5.41) is 6.08. The summed E-state index contributed by atoms with van der Waals surface area (Å²) in [7, 11) is 0. The Hall–Kier alpha value is -2.86. The lowest BCUT2D eigenvalue weighted by atomic mass is 9.87. The molecule has 0 radical (unpaired) electrons. The van der Waals surface area contributed by atoms with Crippen molar-refractivity contribution in [2.45, 2.75) is 32.7 Å². The molecule has 0 spiro atoms. The van der Waals surface area contributed by atoms with E-state index in [2.05, 4.69) is 10.6 Å². The molecule has 4 amide bonds. The number of nitrogens with zero attached hydrogens (tertiary/aromatic N) is 1. The Bertz CT molecular complexity index is 942. The average molecular weight is 400 g/mol. The Morgan fingerprint density at radius 3 is 2.46 bits per heavy atom. The maximum atomic E-state index is 13.1. The van der Waals surface area contributed by atoms with Crippen LogP contribution in [0, 0.1) is 13.8 Å². The van der Waals surface area contributed by atoms with E-state index < -0.39 is 23.4 Å². The molecule has 2 N–H and O–H groups in total. The Labute approximate surface area is 168 Å². The predicted molar refractivity (Wildman–Crippen MR) is 108 cm³/mol. The minimum atomic E-state index is -1.19. The number of carbonyl (C=O) groups excluding carboxylic acids is 3. The van der Waals surface area contributed by atoms with Crippen LogP contribution in [0.4, 0.5) is 10.5 Å². The number of anilines is 1. The maximum absolute atomic E-state index is 13.1. The molecule has 0 aromatic heterocycles. The fourth-order valence-corrected chi connectivity index (χ4v) is 3.49. The third kappa shape index (κ3) is 3.47. The molecule has 3 rings (SSSR count). The maximum Gasteiger partial charge on any atom is 0.325 e. The minimum absolute atomic E-state index is 0.354. The Morgan fingerprint density at radius 2 is 1.82 bits per heavy atom. The predicted octanol–water partition coefficient (Wildman–Crippen LogP) is 3.75. The molecule has 146 valence electrons. The van der Waals surface area contributed by atoms with Crippen molar-refractivity contribution in [2.75, 3.05) is 11.9 Å². The lowest BCUT2D eigenvalue weighted by Crippen LogP contribution is -2.44. The van der Waals surface area contributed by atoms with Crippen molar-refractivity contribution in [1.29, 1.82) is 0 Å². The first-order chi connectivity index (χ1) is 13.3. The molecular formula is C21H22ClN3O3. The summed E-state index contributed by atoms with van der Waals surface area (Å²) in [6.45, 7) is 5.31. The number of imide groups is 1. The third-order valence-electron chi connectivity index (χ3n) is 5.22. The van der Waals surface area contributed by atoms with E-state index in [-0.39, 0.29) is 6.54 Å². The quantitative estimate of drug-likeness (QED) is 0.751. The number of benzene rings is 2. The molecule has 1 saturated heterocycles. The van der Waals surface area contributed by atoms with E-state index in [0.29, 0.717) is 22.7 Å². The van der Waals surface area contributed by atoms with Crippen LogP contribution in [0.2, 0.25) is 5.02 Å². The van der Waals surface area contributed by atoms with Crippen LogP contribution in [0.15, 0.2) is 42.5 Å². The molecule has 1 aliphatic rings. The molecule has 1 atom stereocenters. The topological polar surface area (TPSA) is 78.5 Å². The van der Waals surface area contributed by atoms with Gasteiger partial charge in [-0.1, -0.05) is 42.8 Å². The highest BCUT2D eigenvalue weighted by Crippen LogP contribution is 2.33. The molecule has 1 aliphatic heterocycles. The van der Waals surface area contributed by atoms with Gasteiger partial charge < -0.3 is 10.6 Å². The molecule has 28 heavy (non-hydrogen) atoms. The largest absolute Gasteiger partial charge is 0.325 e. The fourth-order valence-electron chi connectivity index (χ4n) is 3.36. The van der Waals surface area contributed by atoms with Gasteiger partial charge in [0.1, 0.15) is 12.1 Å². The van der Waals surface area contributed by atoms with Gasteiger partial charge >= 0.3 is 6.03 Å². The molecule has 7 heteroatoms. The average Bonchev–Trinajstić information content (AvgIpc) is 2.91. The Kier molecular flexibility index (Phi) is 5.42. The summed E-state index contributed by atoms with van der Waals surface area (Å²) in [5.74, 6) is -0.876. The van der Waals surface area contributed by atoms with Crippen molar-refractivity contribution < 1.29 is 14.4 Å².